The van der Waals surface area contributed by atoms with Gasteiger partial charge in [-0.25, -0.2) is 0 Å². The van der Waals surface area contributed by atoms with Crippen LogP contribution < -0.4 is 5.32 Å². The highest BCUT2D eigenvalue weighted by Gasteiger charge is 2.28. The topological polar surface area (TPSA) is 52.5 Å². The van der Waals surface area contributed by atoms with Crippen molar-refractivity contribution >= 4 is 0 Å². The van der Waals surface area contributed by atoms with Crippen LogP contribution in [-0.2, 0) is 34.5 Å². The average molecular weight is 510 g/mol. The molecular weight excluding hydrogens is 454 g/mol. The Kier molecular flexibility index (Phi) is 9.29. The first-order valence-corrected chi connectivity index (χ1v) is 14.1. The fourth-order valence-corrected chi connectivity index (χ4v) is 5.08. The maximum absolute atomic E-state index is 11.1. The molecule has 3 N–H and O–H groups in total. The summed E-state index contributed by atoms with van der Waals surface area (Å²) in [6.45, 7) is 26.0. The summed E-state index contributed by atoms with van der Waals surface area (Å²) in [6, 6.07) is 9.23. The average Bonchev–Trinajstić information content (AvgIpc) is 2.72. The zero-order valence-corrected chi connectivity index (χ0v) is 26.1. The SMILES string of the molecule is CNC(CCc1cc(C(C)(C)C)c(O)c(C(C)(C)C)c1)CCc1cc(C(C)(C)C)c(O)c(C(C)(C)C)c1. The monoisotopic (exact) mass is 509 g/mol. The Morgan fingerprint density at radius 2 is 0.784 bits per heavy atom. The standard InChI is InChI=1S/C34H55NO2/c1-31(2,3)25-18-22(19-26(29(25)36)32(4,5)6)14-16-24(35-13)17-15-23-20-27(33(7,8)9)30(37)28(21-23)34(10,11)12/h18-21,24,35-37H,14-17H2,1-13H3. The molecular formula is C34H55NO2. The molecule has 0 saturated carbocycles. The van der Waals surface area contributed by atoms with E-state index in [9.17, 15) is 10.2 Å². The van der Waals surface area contributed by atoms with Gasteiger partial charge in [-0.1, -0.05) is 107 Å². The lowest BCUT2D eigenvalue weighted by Crippen LogP contribution is -2.27. The maximum Gasteiger partial charge on any atom is 0.123 e. The molecule has 0 aromatic heterocycles. The number of hydrogen-bond acceptors (Lipinski definition) is 3. The summed E-state index contributed by atoms with van der Waals surface area (Å²) in [4.78, 5) is 0. The van der Waals surface area contributed by atoms with Crippen LogP contribution in [0.3, 0.4) is 0 Å². The second kappa shape index (κ2) is 11.0. The van der Waals surface area contributed by atoms with Crippen LogP contribution in [-0.4, -0.2) is 23.3 Å². The number of phenolic OH excluding ortho intramolecular Hbond substituents is 2. The van der Waals surface area contributed by atoms with E-state index in [1.54, 1.807) is 0 Å². The van der Waals surface area contributed by atoms with Crippen molar-refractivity contribution in [2.45, 2.75) is 136 Å². The summed E-state index contributed by atoms with van der Waals surface area (Å²) in [6.07, 6.45) is 4.00. The molecule has 0 unspecified atom stereocenters. The fourth-order valence-electron chi connectivity index (χ4n) is 5.08. The van der Waals surface area contributed by atoms with Gasteiger partial charge in [0.15, 0.2) is 0 Å². The highest BCUT2D eigenvalue weighted by atomic mass is 16.3. The Labute approximate surface area is 228 Å². The number of rotatable bonds is 7. The third-order valence-corrected chi connectivity index (χ3v) is 7.54. The van der Waals surface area contributed by atoms with E-state index in [0.717, 1.165) is 47.9 Å². The van der Waals surface area contributed by atoms with E-state index in [1.165, 1.54) is 11.1 Å². The molecule has 208 valence electrons. The van der Waals surface area contributed by atoms with Gasteiger partial charge in [0.05, 0.1) is 0 Å². The Morgan fingerprint density at radius 3 is 0.973 bits per heavy atom. The van der Waals surface area contributed by atoms with Gasteiger partial charge in [-0.05, 0) is 87.8 Å². The quantitative estimate of drug-likeness (QED) is 0.351. The van der Waals surface area contributed by atoms with Crippen LogP contribution >= 0.6 is 0 Å². The summed E-state index contributed by atoms with van der Waals surface area (Å²) in [5.74, 6) is 0.899. The van der Waals surface area contributed by atoms with Crippen LogP contribution in [0.25, 0.3) is 0 Å². The van der Waals surface area contributed by atoms with E-state index in [0.29, 0.717) is 17.5 Å². The number of benzene rings is 2. The van der Waals surface area contributed by atoms with Crippen molar-refractivity contribution < 1.29 is 10.2 Å². The molecule has 3 nitrogen and oxygen atoms in total. The molecule has 0 spiro atoms. The summed E-state index contributed by atoms with van der Waals surface area (Å²) in [7, 11) is 2.06. The minimum absolute atomic E-state index is 0.114. The van der Waals surface area contributed by atoms with E-state index in [1.807, 2.05) is 0 Å². The predicted octanol–water partition coefficient (Wildman–Crippen LogP) is 8.44. The van der Waals surface area contributed by atoms with Crippen molar-refractivity contribution in [3.63, 3.8) is 0 Å². The lowest BCUT2D eigenvalue weighted by molar-refractivity contribution is 0.422. The van der Waals surface area contributed by atoms with Crippen molar-refractivity contribution in [1.29, 1.82) is 0 Å². The lowest BCUT2D eigenvalue weighted by atomic mass is 9.77. The normalized spacial score (nSPS) is 13.5. The first kappa shape index (κ1) is 31.2. The second-order valence-electron chi connectivity index (χ2n) is 15.1. The zero-order chi connectivity index (χ0) is 28.6. The first-order chi connectivity index (χ1) is 16.7. The first-order valence-electron chi connectivity index (χ1n) is 14.1. The molecule has 0 amide bonds. The molecule has 0 aliphatic heterocycles. The van der Waals surface area contributed by atoms with E-state index >= 15 is 0 Å². The molecule has 37 heavy (non-hydrogen) atoms. The number of hydrogen-bond donors (Lipinski definition) is 3. The van der Waals surface area contributed by atoms with Gasteiger partial charge in [0, 0.05) is 6.04 Å². The van der Waals surface area contributed by atoms with Crippen LogP contribution in [0.15, 0.2) is 24.3 Å². The molecule has 0 saturated heterocycles. The van der Waals surface area contributed by atoms with Crippen LogP contribution in [0.5, 0.6) is 11.5 Å². The Hall–Kier alpha value is -2.00. The van der Waals surface area contributed by atoms with Gasteiger partial charge in [0.1, 0.15) is 11.5 Å². The highest BCUT2D eigenvalue weighted by Crippen LogP contribution is 2.41. The number of aromatic hydroxyl groups is 2. The molecule has 0 aliphatic rings. The smallest absolute Gasteiger partial charge is 0.123 e. The highest BCUT2D eigenvalue weighted by molar-refractivity contribution is 5.51. The number of phenols is 2. The van der Waals surface area contributed by atoms with E-state index < -0.39 is 0 Å². The molecule has 3 heteroatoms. The van der Waals surface area contributed by atoms with E-state index in [2.05, 4.69) is 120 Å². The van der Waals surface area contributed by atoms with Gasteiger partial charge < -0.3 is 15.5 Å². The van der Waals surface area contributed by atoms with Crippen LogP contribution in [0.4, 0.5) is 0 Å². The molecule has 0 heterocycles. The Balaban J connectivity index is 2.28. The van der Waals surface area contributed by atoms with Gasteiger partial charge in [0.2, 0.25) is 0 Å². The largest absolute Gasteiger partial charge is 0.507 e. The molecule has 2 rings (SSSR count). The minimum Gasteiger partial charge on any atom is -0.507 e. The van der Waals surface area contributed by atoms with Gasteiger partial charge in [-0.15, -0.1) is 0 Å². The van der Waals surface area contributed by atoms with E-state index in [4.69, 9.17) is 0 Å². The van der Waals surface area contributed by atoms with Gasteiger partial charge in [-0.3, -0.25) is 0 Å². The van der Waals surface area contributed by atoms with Crippen molar-refractivity contribution in [2.24, 2.45) is 0 Å². The summed E-state index contributed by atoms with van der Waals surface area (Å²) in [5, 5.41) is 25.7. The van der Waals surface area contributed by atoms with Gasteiger partial charge in [-0.2, -0.15) is 0 Å². The zero-order valence-electron chi connectivity index (χ0n) is 26.1. The van der Waals surface area contributed by atoms with Crippen LogP contribution in [0.1, 0.15) is 129 Å². The molecule has 0 fully saturated rings. The third-order valence-electron chi connectivity index (χ3n) is 7.54. The van der Waals surface area contributed by atoms with Crippen molar-refractivity contribution in [1.82, 2.24) is 5.32 Å². The predicted molar refractivity (Wildman–Crippen MR) is 161 cm³/mol. The summed E-state index contributed by atoms with van der Waals surface area (Å²) < 4.78 is 0. The van der Waals surface area contributed by atoms with Crippen LogP contribution in [0, 0.1) is 0 Å². The van der Waals surface area contributed by atoms with E-state index in [-0.39, 0.29) is 21.7 Å². The summed E-state index contributed by atoms with van der Waals surface area (Å²) in [5.41, 5.74) is 6.26. The summed E-state index contributed by atoms with van der Waals surface area (Å²) >= 11 is 0. The molecule has 0 bridgehead atoms. The maximum atomic E-state index is 11.1. The minimum atomic E-state index is -0.114. The van der Waals surface area contributed by atoms with Crippen molar-refractivity contribution in [3.05, 3.63) is 57.6 Å². The molecule has 0 atom stereocenters. The van der Waals surface area contributed by atoms with Crippen LogP contribution in [0.2, 0.25) is 0 Å². The Bertz CT molecular complexity index is 913. The molecule has 2 aromatic rings. The van der Waals surface area contributed by atoms with Gasteiger partial charge >= 0.3 is 0 Å². The number of nitrogens with one attached hydrogen (secondary N) is 1. The van der Waals surface area contributed by atoms with Gasteiger partial charge in [0.25, 0.3) is 0 Å². The van der Waals surface area contributed by atoms with Crippen molar-refractivity contribution in [3.8, 4) is 11.5 Å². The third kappa shape index (κ3) is 7.99. The second-order valence-corrected chi connectivity index (χ2v) is 15.1. The number of aryl methyl sites for hydroxylation is 2. The lowest BCUT2D eigenvalue weighted by Gasteiger charge is -2.29. The molecule has 2 aromatic carbocycles. The van der Waals surface area contributed by atoms with Crippen molar-refractivity contribution in [2.75, 3.05) is 7.05 Å². The molecule has 0 aliphatic carbocycles. The fraction of sp³-hybridized carbons (Fsp3) is 0.647. The Morgan fingerprint density at radius 1 is 0.541 bits per heavy atom. The molecule has 0 radical (unpaired) electrons.